The number of carbonyl (C=O) groups is 4. The molecule has 0 aliphatic rings. The summed E-state index contributed by atoms with van der Waals surface area (Å²) in [4.78, 5) is 93.7. The van der Waals surface area contributed by atoms with Gasteiger partial charge in [0.15, 0.2) is 34.8 Å². The standard InChI is InChI=1S/C21H12F5NO5.C15H10F3NO5.C14H9ClF3NO3.C14H10F3NO4.C8H6FNO4.C7H5F3O.C7H4F2O2/c22-16-7-13(10-28)8-17(23)20(16)31-11-12-1-6-18(27(29)30)19(9-12)32-15-4-2-14(3-5-15)21(24,25)26;1-23-14(20)9-2-7-12(19(21)22)13(8-9)24-11-5-3-10(4-6-11)15(16,17)18;15-8-9-1-6-12(19(20)21)13(7-9)22-11-4-2-10(3-5-11)14(16,17)18;15-14(16,17)10-2-4-11(5-3-10)22-13-7-9(8-19)1-6-12(13)18(20)21;1-14-8(11)5-2-3-7(10(12)13)6(9)4-5;8-7(9,10)5-1-3-6(11)4-2-5;8-5-1-4(3-10)2-6(9)7(5)11/h1-10H,11H2;2-8H,1H3;1-7H,8H2;1-7,19H,8H2;2-4H,1H3;1-4,11H;1-3,11H. The van der Waals surface area contributed by atoms with Crippen LogP contribution in [-0.4, -0.2) is 78.7 Å². The maximum absolute atomic E-state index is 13.9. The lowest BCUT2D eigenvalue weighted by molar-refractivity contribution is -0.387. The highest BCUT2D eigenvalue weighted by Gasteiger charge is 2.35. The third-order valence-electron chi connectivity index (χ3n) is 16.7. The molecule has 12 aromatic rings. The minimum Gasteiger partial charge on any atom is -0.508 e. The number of nitrogens with zero attached hydrogens (tertiary/aromatic N) is 5. The van der Waals surface area contributed by atoms with Crippen LogP contribution in [0.4, 0.5) is 116 Å². The number of aliphatic hydroxyl groups excluding tert-OH is 1. The first-order valence-electron chi connectivity index (χ1n) is 36.5. The van der Waals surface area contributed by atoms with Gasteiger partial charge in [-0.3, -0.25) is 60.2 Å². The molecule has 12 rings (SSSR count). The number of ether oxygens (including phenoxy) is 7. The van der Waals surface area contributed by atoms with Gasteiger partial charge in [0.2, 0.25) is 28.8 Å². The molecule has 50 heteroatoms. The van der Waals surface area contributed by atoms with Crippen LogP contribution in [-0.2, 0) is 59.4 Å². The fourth-order valence-corrected chi connectivity index (χ4v) is 10.3. The van der Waals surface area contributed by atoms with E-state index in [1.54, 1.807) is 0 Å². The Hall–Kier alpha value is -16.6. The molecule has 0 bridgehead atoms. The molecule has 0 saturated heterocycles. The summed E-state index contributed by atoms with van der Waals surface area (Å²) in [5.74, 6) is -9.78. The van der Waals surface area contributed by atoms with Crippen molar-refractivity contribution >= 4 is 64.5 Å². The van der Waals surface area contributed by atoms with Gasteiger partial charge in [-0.1, -0.05) is 6.07 Å². The molecule has 716 valence electrons. The number of alkyl halides is 16. The fraction of sp³-hybridized carbons (Fsp3) is 0.116. The second-order valence-corrected chi connectivity index (χ2v) is 26.3. The molecule has 136 heavy (non-hydrogen) atoms. The van der Waals surface area contributed by atoms with Crippen LogP contribution in [0, 0.1) is 79.7 Å². The first-order chi connectivity index (χ1) is 63.6. The van der Waals surface area contributed by atoms with Crippen molar-refractivity contribution in [2.75, 3.05) is 14.2 Å². The highest BCUT2D eigenvalue weighted by Crippen LogP contribution is 2.42. The van der Waals surface area contributed by atoms with Crippen molar-refractivity contribution in [2.45, 2.75) is 50.0 Å². The van der Waals surface area contributed by atoms with E-state index in [1.807, 2.05) is 0 Å². The molecule has 12 aromatic carbocycles. The lowest BCUT2D eigenvalue weighted by atomic mass is 10.2. The van der Waals surface area contributed by atoms with Gasteiger partial charge in [0, 0.05) is 53.4 Å². The van der Waals surface area contributed by atoms with Crippen LogP contribution >= 0.6 is 11.6 Å². The van der Waals surface area contributed by atoms with E-state index in [0.29, 0.717) is 17.4 Å². The summed E-state index contributed by atoms with van der Waals surface area (Å²) >= 11 is 5.65. The number of nitro benzene ring substituents is 5. The molecule has 0 aliphatic carbocycles. The van der Waals surface area contributed by atoms with Crippen LogP contribution in [0.5, 0.6) is 63.2 Å². The molecule has 0 atom stereocenters. The van der Waals surface area contributed by atoms with Gasteiger partial charge in [0.05, 0.1) is 84.4 Å². The quantitative estimate of drug-likeness (QED) is 0.0142. The number of benzene rings is 12. The number of halogens is 21. The zero-order valence-corrected chi connectivity index (χ0v) is 68.6. The maximum Gasteiger partial charge on any atom is 0.416 e. The number of hydrogen-bond acceptors (Lipinski definition) is 24. The number of esters is 2. The molecule has 0 saturated carbocycles. The smallest absolute Gasteiger partial charge is 0.416 e. The largest absolute Gasteiger partial charge is 0.508 e. The molecule has 0 heterocycles. The summed E-state index contributed by atoms with van der Waals surface area (Å²) in [5, 5.41) is 80.6. The van der Waals surface area contributed by atoms with Gasteiger partial charge in [0.25, 0.3) is 0 Å². The Labute approximate surface area is 752 Å². The second kappa shape index (κ2) is 48.0. The number of nitro groups is 5. The second-order valence-electron chi connectivity index (χ2n) is 26.0. The number of phenolic OH excluding ortho intramolecular Hbond substituents is 2. The summed E-state index contributed by atoms with van der Waals surface area (Å²) in [6, 6.07) is 39.0. The van der Waals surface area contributed by atoms with Crippen LogP contribution in [0.25, 0.3) is 0 Å². The summed E-state index contributed by atoms with van der Waals surface area (Å²) in [7, 11) is 2.28. The lowest BCUT2D eigenvalue weighted by Gasteiger charge is -2.12. The number of aldehydes is 2. The predicted octanol–water partition coefficient (Wildman–Crippen LogP) is 24.7. The van der Waals surface area contributed by atoms with Crippen molar-refractivity contribution in [3.63, 3.8) is 0 Å². The zero-order chi connectivity index (χ0) is 102. The van der Waals surface area contributed by atoms with Crippen molar-refractivity contribution in [1.82, 2.24) is 0 Å². The predicted molar refractivity (Wildman–Crippen MR) is 432 cm³/mol. The van der Waals surface area contributed by atoms with E-state index >= 15 is 0 Å². The Balaban J connectivity index is 0.000000251. The Bertz CT molecular complexity index is 6090. The highest BCUT2D eigenvalue weighted by molar-refractivity contribution is 6.17. The average Bonchev–Trinajstić information content (AvgIpc) is 0.830. The van der Waals surface area contributed by atoms with Crippen molar-refractivity contribution < 1.29 is 180 Å². The summed E-state index contributed by atoms with van der Waals surface area (Å²) in [6.07, 6.45) is -21.8. The van der Waals surface area contributed by atoms with E-state index in [0.717, 1.165) is 208 Å². The van der Waals surface area contributed by atoms with E-state index in [-0.39, 0.29) is 110 Å². The van der Waals surface area contributed by atoms with Crippen LogP contribution in [0.1, 0.15) is 85.9 Å². The Morgan fingerprint density at radius 1 is 0.346 bits per heavy atom. The molecular formula is C86H56ClF20N5O24. The molecule has 0 aliphatic heterocycles. The van der Waals surface area contributed by atoms with Crippen molar-refractivity contribution in [2.24, 2.45) is 0 Å². The van der Waals surface area contributed by atoms with Gasteiger partial charge < -0.3 is 48.5 Å². The monoisotopic (exact) mass is 1960 g/mol. The number of phenols is 2. The average molecular weight is 1960 g/mol. The SMILES string of the molecule is COC(=O)c1ccc([N+](=O)[O-])c(F)c1.COC(=O)c1ccc([N+](=O)[O-])c(Oc2ccc(C(F)(F)F)cc2)c1.O=Cc1cc(F)c(O)c(F)c1.O=Cc1cc(F)c(OCc2ccc([N+](=O)[O-])c(Oc3ccc(C(F)(F)F)cc3)c2)c(F)c1.O=[N+]([O-])c1ccc(CCl)cc1Oc1ccc(C(F)(F)F)cc1.O=[N+]([O-])c1ccc(CO)cc1Oc1ccc(C(F)(F)F)cc1.Oc1ccc(C(F)(F)F)cc1. The number of aliphatic hydroxyl groups is 1. The first-order valence-corrected chi connectivity index (χ1v) is 37.0. The molecule has 0 aromatic heterocycles. The van der Waals surface area contributed by atoms with Gasteiger partial charge in [-0.2, -0.15) is 70.2 Å². The molecule has 0 unspecified atom stereocenters. The molecule has 0 spiro atoms. The van der Waals surface area contributed by atoms with Crippen molar-refractivity contribution in [3.05, 3.63) is 383 Å². The summed E-state index contributed by atoms with van der Waals surface area (Å²) in [6.45, 7) is -0.767. The summed E-state index contributed by atoms with van der Waals surface area (Å²) < 4.78 is 287. The number of aromatic hydroxyl groups is 2. The highest BCUT2D eigenvalue weighted by atomic mass is 35.5. The van der Waals surface area contributed by atoms with Crippen LogP contribution < -0.4 is 23.7 Å². The maximum atomic E-state index is 13.9. The van der Waals surface area contributed by atoms with Gasteiger partial charge >= 0.3 is 71.3 Å². The van der Waals surface area contributed by atoms with Gasteiger partial charge in [-0.05, 0) is 211 Å². The first kappa shape index (κ1) is 108. The Kier molecular flexibility index (Phi) is 38.1. The van der Waals surface area contributed by atoms with Crippen LogP contribution in [0.15, 0.2) is 237 Å². The molecular weight excluding hydrogens is 1900 g/mol. The van der Waals surface area contributed by atoms with Gasteiger partial charge in [0.1, 0.15) is 47.9 Å². The molecule has 29 nitrogen and oxygen atoms in total. The number of hydrogen-bond donors (Lipinski definition) is 3. The van der Waals surface area contributed by atoms with Gasteiger partial charge in [-0.15, -0.1) is 11.6 Å². The molecule has 0 fully saturated rings. The molecule has 0 radical (unpaired) electrons. The number of methoxy groups -OCH3 is 2. The van der Waals surface area contributed by atoms with E-state index in [2.05, 4.69) is 9.47 Å². The fourth-order valence-electron chi connectivity index (χ4n) is 10.1. The Morgan fingerprint density at radius 3 is 0.897 bits per heavy atom. The van der Waals surface area contributed by atoms with Gasteiger partial charge in [-0.25, -0.2) is 27.2 Å². The summed E-state index contributed by atoms with van der Waals surface area (Å²) in [5.41, 5.74) is -5.71. The van der Waals surface area contributed by atoms with Crippen LogP contribution in [0.2, 0.25) is 0 Å². The third-order valence-corrected chi connectivity index (χ3v) is 17.0. The van der Waals surface area contributed by atoms with Crippen molar-refractivity contribution in [3.8, 4) is 63.2 Å². The third kappa shape index (κ3) is 32.4. The minimum atomic E-state index is -4.56. The van der Waals surface area contributed by atoms with E-state index in [4.69, 9.17) is 50.6 Å². The van der Waals surface area contributed by atoms with E-state index in [9.17, 15) is 158 Å². The Morgan fingerprint density at radius 2 is 0.610 bits per heavy atom. The number of carbonyl (C=O) groups excluding carboxylic acids is 4. The topological polar surface area (TPSA) is 409 Å². The van der Waals surface area contributed by atoms with Crippen LogP contribution in [0.3, 0.4) is 0 Å². The zero-order valence-electron chi connectivity index (χ0n) is 67.9. The molecule has 0 amide bonds. The van der Waals surface area contributed by atoms with Crippen molar-refractivity contribution in [1.29, 1.82) is 0 Å². The lowest BCUT2D eigenvalue weighted by Crippen LogP contribution is -2.04. The normalized spacial score (nSPS) is 10.9. The van der Waals surface area contributed by atoms with E-state index < -0.39 is 160 Å². The number of rotatable bonds is 22. The molecule has 3 N–H and O–H groups in total. The minimum absolute atomic E-state index is 0.00464. The van der Waals surface area contributed by atoms with E-state index in [1.165, 1.54) is 42.5 Å².